The fourth-order valence-corrected chi connectivity index (χ4v) is 2.28. The summed E-state index contributed by atoms with van der Waals surface area (Å²) in [5.74, 6) is -0.593. The van der Waals surface area contributed by atoms with Crippen molar-refractivity contribution in [1.82, 2.24) is 4.90 Å². The number of anilines is 1. The Kier molecular flexibility index (Phi) is 4.92. The molecule has 0 bridgehead atoms. The van der Waals surface area contributed by atoms with Gasteiger partial charge in [-0.25, -0.2) is 4.39 Å². The van der Waals surface area contributed by atoms with E-state index in [0.29, 0.717) is 18.7 Å². The largest absolute Gasteiger partial charge is 0.396 e. The standard InChI is InChI=1S/C14H19FN2O3/c15-11-1-3-12(4-2-11)16-7-14(20)17-6-5-10(9-18)13(19)8-17/h1-4,10,13,16,18-19H,5-9H2/t10-,13+/m1/s1. The molecule has 1 fully saturated rings. The Hall–Kier alpha value is -1.66. The lowest BCUT2D eigenvalue weighted by Gasteiger charge is -2.35. The number of aliphatic hydroxyl groups excluding tert-OH is 2. The van der Waals surface area contributed by atoms with E-state index in [4.69, 9.17) is 5.11 Å². The third kappa shape index (κ3) is 3.68. The lowest BCUT2D eigenvalue weighted by molar-refractivity contribution is -0.134. The molecule has 1 heterocycles. The maximum atomic E-state index is 12.7. The van der Waals surface area contributed by atoms with Gasteiger partial charge in [-0.3, -0.25) is 4.79 Å². The highest BCUT2D eigenvalue weighted by atomic mass is 19.1. The summed E-state index contributed by atoms with van der Waals surface area (Å²) in [6.45, 7) is 0.820. The van der Waals surface area contributed by atoms with Crippen LogP contribution in [0.15, 0.2) is 24.3 Å². The second kappa shape index (κ2) is 6.67. The Morgan fingerprint density at radius 3 is 2.70 bits per heavy atom. The van der Waals surface area contributed by atoms with E-state index in [1.165, 1.54) is 12.1 Å². The summed E-state index contributed by atoms with van der Waals surface area (Å²) < 4.78 is 12.7. The number of nitrogens with zero attached hydrogens (tertiary/aromatic N) is 1. The molecule has 1 aliphatic heterocycles. The van der Waals surface area contributed by atoms with E-state index >= 15 is 0 Å². The highest BCUT2D eigenvalue weighted by molar-refractivity contribution is 5.81. The molecule has 1 amide bonds. The maximum absolute atomic E-state index is 12.7. The average Bonchev–Trinajstić information content (AvgIpc) is 2.46. The lowest BCUT2D eigenvalue weighted by atomic mass is 9.95. The van der Waals surface area contributed by atoms with Gasteiger partial charge in [-0.15, -0.1) is 0 Å². The third-order valence-corrected chi connectivity index (χ3v) is 3.60. The monoisotopic (exact) mass is 282 g/mol. The predicted octanol–water partition coefficient (Wildman–Crippen LogP) is 0.439. The number of β-amino-alcohol motifs (C(OH)–C–C–N with tert-alkyl or cyclic N) is 1. The summed E-state index contributed by atoms with van der Waals surface area (Å²) in [4.78, 5) is 13.6. The second-order valence-electron chi connectivity index (χ2n) is 5.00. The molecule has 0 saturated carbocycles. The first-order valence-electron chi connectivity index (χ1n) is 6.66. The van der Waals surface area contributed by atoms with E-state index in [9.17, 15) is 14.3 Å². The van der Waals surface area contributed by atoms with Crippen LogP contribution in [0.1, 0.15) is 6.42 Å². The molecule has 6 heteroatoms. The molecule has 0 spiro atoms. The van der Waals surface area contributed by atoms with Gasteiger partial charge in [0.2, 0.25) is 5.91 Å². The van der Waals surface area contributed by atoms with E-state index < -0.39 is 6.10 Å². The van der Waals surface area contributed by atoms with E-state index in [2.05, 4.69) is 5.32 Å². The number of hydrogen-bond donors (Lipinski definition) is 3. The van der Waals surface area contributed by atoms with Crippen molar-refractivity contribution in [2.75, 3.05) is 31.6 Å². The minimum Gasteiger partial charge on any atom is -0.396 e. The molecule has 0 aromatic heterocycles. The summed E-state index contributed by atoms with van der Waals surface area (Å²) in [5, 5.41) is 21.8. The van der Waals surface area contributed by atoms with E-state index in [-0.39, 0.29) is 37.3 Å². The van der Waals surface area contributed by atoms with Crippen LogP contribution in [0.4, 0.5) is 10.1 Å². The van der Waals surface area contributed by atoms with Crippen molar-refractivity contribution in [2.45, 2.75) is 12.5 Å². The van der Waals surface area contributed by atoms with Crippen LogP contribution in [0.3, 0.4) is 0 Å². The predicted molar refractivity (Wildman–Crippen MR) is 72.7 cm³/mol. The van der Waals surface area contributed by atoms with Crippen molar-refractivity contribution in [2.24, 2.45) is 5.92 Å². The van der Waals surface area contributed by atoms with Crippen molar-refractivity contribution in [3.8, 4) is 0 Å². The number of likely N-dealkylation sites (tertiary alicyclic amines) is 1. The number of carbonyl (C=O) groups excluding carboxylic acids is 1. The zero-order valence-corrected chi connectivity index (χ0v) is 11.1. The minimum atomic E-state index is -0.677. The third-order valence-electron chi connectivity index (χ3n) is 3.60. The van der Waals surface area contributed by atoms with Crippen molar-refractivity contribution < 1.29 is 19.4 Å². The van der Waals surface area contributed by atoms with E-state index in [0.717, 1.165) is 0 Å². The van der Waals surface area contributed by atoms with Gasteiger partial charge in [-0.1, -0.05) is 0 Å². The van der Waals surface area contributed by atoms with Crippen molar-refractivity contribution in [3.05, 3.63) is 30.1 Å². The first-order valence-corrected chi connectivity index (χ1v) is 6.66. The van der Waals surface area contributed by atoms with Gasteiger partial charge in [-0.2, -0.15) is 0 Å². The van der Waals surface area contributed by atoms with Crippen LogP contribution in [0, 0.1) is 11.7 Å². The molecule has 1 aromatic rings. The molecule has 0 radical (unpaired) electrons. The van der Waals surface area contributed by atoms with Crippen molar-refractivity contribution in [3.63, 3.8) is 0 Å². The number of hydrogen-bond acceptors (Lipinski definition) is 4. The summed E-state index contributed by atoms with van der Waals surface area (Å²) in [6.07, 6.45) is -0.0801. The van der Waals surface area contributed by atoms with Crippen LogP contribution in [-0.4, -0.2) is 53.4 Å². The number of piperidine rings is 1. The first-order chi connectivity index (χ1) is 9.60. The Bertz CT molecular complexity index is 452. The SMILES string of the molecule is O=C(CNc1ccc(F)cc1)N1CC[C@H](CO)[C@@H](O)C1. The minimum absolute atomic E-state index is 0.0585. The first kappa shape index (κ1) is 14.7. The molecule has 2 rings (SSSR count). The van der Waals surface area contributed by atoms with Gasteiger partial charge in [0.15, 0.2) is 0 Å². The van der Waals surface area contributed by atoms with Crippen LogP contribution >= 0.6 is 0 Å². The number of rotatable bonds is 4. The van der Waals surface area contributed by atoms with Crippen molar-refractivity contribution >= 4 is 11.6 Å². The Morgan fingerprint density at radius 1 is 1.40 bits per heavy atom. The van der Waals surface area contributed by atoms with Crippen LogP contribution < -0.4 is 5.32 Å². The number of aliphatic hydroxyl groups is 2. The number of carbonyl (C=O) groups is 1. The van der Waals surface area contributed by atoms with E-state index in [1.54, 1.807) is 17.0 Å². The number of amides is 1. The quantitative estimate of drug-likeness (QED) is 0.749. The van der Waals surface area contributed by atoms with Gasteiger partial charge in [0.1, 0.15) is 5.82 Å². The number of benzene rings is 1. The topological polar surface area (TPSA) is 72.8 Å². The molecule has 2 atom stereocenters. The van der Waals surface area contributed by atoms with E-state index in [1.807, 2.05) is 0 Å². The highest BCUT2D eigenvalue weighted by Gasteiger charge is 2.29. The molecular formula is C14H19FN2O3. The van der Waals surface area contributed by atoms with Crippen LogP contribution in [0.2, 0.25) is 0 Å². The molecule has 1 aliphatic rings. The van der Waals surface area contributed by atoms with Gasteiger partial charge >= 0.3 is 0 Å². The summed E-state index contributed by atoms with van der Waals surface area (Å²) in [5.41, 5.74) is 0.672. The molecule has 5 nitrogen and oxygen atoms in total. The molecule has 0 aliphatic carbocycles. The van der Waals surface area contributed by atoms with Crippen LogP contribution in [0.25, 0.3) is 0 Å². The second-order valence-corrected chi connectivity index (χ2v) is 5.00. The number of halogens is 1. The van der Waals surface area contributed by atoms with Gasteiger partial charge in [-0.05, 0) is 30.7 Å². The normalized spacial score (nSPS) is 22.6. The van der Waals surface area contributed by atoms with Gasteiger partial charge < -0.3 is 20.4 Å². The molecule has 1 saturated heterocycles. The number of nitrogens with one attached hydrogen (secondary N) is 1. The van der Waals surface area contributed by atoms with Crippen LogP contribution in [0.5, 0.6) is 0 Å². The van der Waals surface area contributed by atoms with Crippen LogP contribution in [-0.2, 0) is 4.79 Å². The Balaban J connectivity index is 1.82. The molecule has 3 N–H and O–H groups in total. The smallest absolute Gasteiger partial charge is 0.241 e. The van der Waals surface area contributed by atoms with Gasteiger partial charge in [0.05, 0.1) is 12.6 Å². The molecule has 1 aromatic carbocycles. The zero-order valence-electron chi connectivity index (χ0n) is 11.1. The summed E-state index contributed by atoms with van der Waals surface area (Å²) >= 11 is 0. The molecule has 20 heavy (non-hydrogen) atoms. The van der Waals surface area contributed by atoms with Gasteiger partial charge in [0.25, 0.3) is 0 Å². The summed E-state index contributed by atoms with van der Waals surface area (Å²) in [6, 6.07) is 5.78. The lowest BCUT2D eigenvalue weighted by Crippen LogP contribution is -2.49. The highest BCUT2D eigenvalue weighted by Crippen LogP contribution is 2.17. The Labute approximate surface area is 117 Å². The average molecular weight is 282 g/mol. The molecule has 0 unspecified atom stereocenters. The maximum Gasteiger partial charge on any atom is 0.241 e. The van der Waals surface area contributed by atoms with Crippen molar-refractivity contribution in [1.29, 1.82) is 0 Å². The molecular weight excluding hydrogens is 263 g/mol. The fraction of sp³-hybridized carbons (Fsp3) is 0.500. The fourth-order valence-electron chi connectivity index (χ4n) is 2.28. The van der Waals surface area contributed by atoms with Gasteiger partial charge in [0, 0.05) is 31.3 Å². The summed E-state index contributed by atoms with van der Waals surface area (Å²) in [7, 11) is 0. The molecule has 110 valence electrons. The zero-order chi connectivity index (χ0) is 14.5. The Morgan fingerprint density at radius 2 is 2.10 bits per heavy atom.